The fourth-order valence-corrected chi connectivity index (χ4v) is 5.14. The van der Waals surface area contributed by atoms with E-state index >= 15 is 0 Å². The van der Waals surface area contributed by atoms with Gasteiger partial charge in [0.1, 0.15) is 5.56 Å². The van der Waals surface area contributed by atoms with Crippen molar-refractivity contribution < 1.29 is 27.6 Å². The second-order valence-corrected chi connectivity index (χ2v) is 9.44. The molecule has 0 spiro atoms. The fraction of sp³-hybridized carbons (Fsp3) is 0.409. The topological polar surface area (TPSA) is 128 Å². The molecule has 1 aliphatic heterocycles. The number of hydrogen-bond donors (Lipinski definition) is 1. The SMILES string of the molecule is CCOc1cc(C(=O)NCc2ccc(S(=O)(=O)N3CCCCC3)cc2)c([N+](=O)[O-])cc1OC. The lowest BCUT2D eigenvalue weighted by Crippen LogP contribution is -2.35. The zero-order chi connectivity index (χ0) is 24.0. The molecule has 11 heteroatoms. The van der Waals surface area contributed by atoms with E-state index in [-0.39, 0.29) is 28.5 Å². The molecule has 1 heterocycles. The zero-order valence-electron chi connectivity index (χ0n) is 18.6. The molecule has 0 unspecified atom stereocenters. The summed E-state index contributed by atoms with van der Waals surface area (Å²) < 4.78 is 37.6. The van der Waals surface area contributed by atoms with E-state index in [9.17, 15) is 23.3 Å². The third kappa shape index (κ3) is 5.60. The Morgan fingerprint density at radius 3 is 2.36 bits per heavy atom. The molecule has 0 atom stereocenters. The van der Waals surface area contributed by atoms with E-state index in [1.54, 1.807) is 19.1 Å². The highest BCUT2D eigenvalue weighted by atomic mass is 32.2. The van der Waals surface area contributed by atoms with Gasteiger partial charge in [0.05, 0.1) is 29.6 Å². The predicted molar refractivity (Wildman–Crippen MR) is 121 cm³/mol. The van der Waals surface area contributed by atoms with E-state index in [1.165, 1.54) is 29.6 Å². The first-order chi connectivity index (χ1) is 15.8. The molecular weight excluding hydrogens is 450 g/mol. The Morgan fingerprint density at radius 2 is 1.79 bits per heavy atom. The zero-order valence-corrected chi connectivity index (χ0v) is 19.4. The van der Waals surface area contributed by atoms with Crippen molar-refractivity contribution in [2.75, 3.05) is 26.8 Å². The summed E-state index contributed by atoms with van der Waals surface area (Å²) in [6, 6.07) is 8.68. The number of nitrogens with zero attached hydrogens (tertiary/aromatic N) is 2. The maximum absolute atomic E-state index is 12.8. The van der Waals surface area contributed by atoms with Crippen molar-refractivity contribution in [2.45, 2.75) is 37.6 Å². The van der Waals surface area contributed by atoms with Crippen LogP contribution in [0.2, 0.25) is 0 Å². The number of nitro benzene ring substituents is 1. The molecule has 1 saturated heterocycles. The van der Waals surface area contributed by atoms with Crippen molar-refractivity contribution in [3.05, 3.63) is 57.6 Å². The van der Waals surface area contributed by atoms with E-state index in [2.05, 4.69) is 5.32 Å². The number of carbonyl (C=O) groups is 1. The van der Waals surface area contributed by atoms with Crippen molar-refractivity contribution in [3.8, 4) is 11.5 Å². The summed E-state index contributed by atoms with van der Waals surface area (Å²) in [5.74, 6) is -0.274. The van der Waals surface area contributed by atoms with Gasteiger partial charge >= 0.3 is 0 Å². The van der Waals surface area contributed by atoms with Crippen LogP contribution in [0.5, 0.6) is 11.5 Å². The average Bonchev–Trinajstić information content (AvgIpc) is 2.83. The predicted octanol–water partition coefficient (Wildman–Crippen LogP) is 3.11. The first-order valence-corrected chi connectivity index (χ1v) is 12.1. The van der Waals surface area contributed by atoms with Gasteiger partial charge in [-0.3, -0.25) is 14.9 Å². The van der Waals surface area contributed by atoms with Gasteiger partial charge in [-0.15, -0.1) is 0 Å². The van der Waals surface area contributed by atoms with Crippen LogP contribution in [0, 0.1) is 10.1 Å². The highest BCUT2D eigenvalue weighted by Gasteiger charge is 2.26. The van der Waals surface area contributed by atoms with Crippen LogP contribution < -0.4 is 14.8 Å². The first-order valence-electron chi connectivity index (χ1n) is 10.6. The average molecular weight is 478 g/mol. The number of benzene rings is 2. The number of carbonyl (C=O) groups excluding carboxylic acids is 1. The number of sulfonamides is 1. The number of nitrogens with one attached hydrogen (secondary N) is 1. The summed E-state index contributed by atoms with van der Waals surface area (Å²) >= 11 is 0. The molecule has 1 amide bonds. The lowest BCUT2D eigenvalue weighted by atomic mass is 10.1. The molecule has 0 saturated carbocycles. The molecular formula is C22H27N3O7S. The summed E-state index contributed by atoms with van der Waals surface area (Å²) in [4.78, 5) is 23.7. The van der Waals surface area contributed by atoms with Gasteiger partial charge in [-0.25, -0.2) is 8.42 Å². The second kappa shape index (κ2) is 10.6. The van der Waals surface area contributed by atoms with Crippen LogP contribution >= 0.6 is 0 Å². The number of piperidine rings is 1. The molecule has 0 aliphatic carbocycles. The van der Waals surface area contributed by atoms with Crippen molar-refractivity contribution in [2.24, 2.45) is 0 Å². The maximum atomic E-state index is 12.8. The van der Waals surface area contributed by atoms with Gasteiger partial charge in [0.2, 0.25) is 10.0 Å². The molecule has 1 fully saturated rings. The Hall–Kier alpha value is -3.18. The lowest BCUT2D eigenvalue weighted by Gasteiger charge is -2.25. The summed E-state index contributed by atoms with van der Waals surface area (Å²) in [5.41, 5.74) is 0.0893. The van der Waals surface area contributed by atoms with Gasteiger partial charge in [0.25, 0.3) is 11.6 Å². The van der Waals surface area contributed by atoms with E-state index in [0.717, 1.165) is 25.3 Å². The van der Waals surface area contributed by atoms with Crippen molar-refractivity contribution in [3.63, 3.8) is 0 Å². The van der Waals surface area contributed by atoms with Gasteiger partial charge in [0, 0.05) is 25.7 Å². The summed E-state index contributed by atoms with van der Waals surface area (Å²) in [6.07, 6.45) is 2.74. The minimum Gasteiger partial charge on any atom is -0.493 e. The quantitative estimate of drug-likeness (QED) is 0.434. The van der Waals surface area contributed by atoms with E-state index in [0.29, 0.717) is 25.3 Å². The first kappa shape index (κ1) is 24.5. The van der Waals surface area contributed by atoms with E-state index < -0.39 is 26.5 Å². The third-order valence-electron chi connectivity index (χ3n) is 5.35. The molecule has 33 heavy (non-hydrogen) atoms. The van der Waals surface area contributed by atoms with Crippen LogP contribution in [0.1, 0.15) is 42.1 Å². The monoisotopic (exact) mass is 477 g/mol. The number of methoxy groups -OCH3 is 1. The fourth-order valence-electron chi connectivity index (χ4n) is 3.62. The Balaban J connectivity index is 1.74. The molecule has 1 N–H and O–H groups in total. The Kier molecular flexibility index (Phi) is 7.88. The highest BCUT2D eigenvalue weighted by Crippen LogP contribution is 2.34. The van der Waals surface area contributed by atoms with Gasteiger partial charge < -0.3 is 14.8 Å². The Labute approximate surface area is 192 Å². The van der Waals surface area contributed by atoms with Crippen molar-refractivity contribution in [1.29, 1.82) is 0 Å². The smallest absolute Gasteiger partial charge is 0.286 e. The molecule has 2 aromatic carbocycles. The Bertz CT molecular complexity index is 1110. The van der Waals surface area contributed by atoms with Crippen LogP contribution in [0.25, 0.3) is 0 Å². The molecule has 0 radical (unpaired) electrons. The number of ether oxygens (including phenoxy) is 2. The number of rotatable bonds is 9. The van der Waals surface area contributed by atoms with Gasteiger partial charge in [0.15, 0.2) is 11.5 Å². The van der Waals surface area contributed by atoms with E-state index in [1.807, 2.05) is 0 Å². The number of nitro groups is 1. The molecule has 0 bridgehead atoms. The highest BCUT2D eigenvalue weighted by molar-refractivity contribution is 7.89. The van der Waals surface area contributed by atoms with Gasteiger partial charge in [-0.05, 0) is 37.5 Å². The summed E-state index contributed by atoms with van der Waals surface area (Å²) in [5, 5.41) is 14.1. The summed E-state index contributed by atoms with van der Waals surface area (Å²) in [6.45, 7) is 3.14. The second-order valence-electron chi connectivity index (χ2n) is 7.50. The van der Waals surface area contributed by atoms with E-state index in [4.69, 9.17) is 9.47 Å². The minimum atomic E-state index is -3.54. The van der Waals surface area contributed by atoms with Crippen LogP contribution in [0.15, 0.2) is 41.3 Å². The molecule has 0 aromatic heterocycles. The molecule has 10 nitrogen and oxygen atoms in total. The molecule has 3 rings (SSSR count). The van der Waals surface area contributed by atoms with Gasteiger partial charge in [-0.2, -0.15) is 4.31 Å². The van der Waals surface area contributed by atoms with Crippen LogP contribution in [-0.2, 0) is 16.6 Å². The third-order valence-corrected chi connectivity index (χ3v) is 7.27. The van der Waals surface area contributed by atoms with Crippen LogP contribution in [0.3, 0.4) is 0 Å². The Morgan fingerprint density at radius 1 is 1.12 bits per heavy atom. The van der Waals surface area contributed by atoms with Gasteiger partial charge in [-0.1, -0.05) is 18.6 Å². The molecule has 2 aromatic rings. The van der Waals surface area contributed by atoms with Crippen LogP contribution in [-0.4, -0.2) is 50.4 Å². The van der Waals surface area contributed by atoms with Crippen LogP contribution in [0.4, 0.5) is 5.69 Å². The van der Waals surface area contributed by atoms with Crippen molar-refractivity contribution in [1.82, 2.24) is 9.62 Å². The standard InChI is InChI=1S/C22H27N3O7S/c1-3-32-21-13-18(19(25(27)28)14-20(21)31-2)22(26)23-15-16-7-9-17(10-8-16)33(29,30)24-11-5-4-6-12-24/h7-10,13-14H,3-6,11-12,15H2,1-2H3,(H,23,26). The minimum absolute atomic E-state index is 0.0655. The normalized spacial score (nSPS) is 14.5. The largest absolute Gasteiger partial charge is 0.493 e. The number of hydrogen-bond acceptors (Lipinski definition) is 7. The molecule has 1 aliphatic rings. The summed E-state index contributed by atoms with van der Waals surface area (Å²) in [7, 11) is -2.18. The lowest BCUT2D eigenvalue weighted by molar-refractivity contribution is -0.385. The maximum Gasteiger partial charge on any atom is 0.286 e. The molecule has 178 valence electrons. The van der Waals surface area contributed by atoms with Crippen molar-refractivity contribution >= 4 is 21.6 Å². The number of amides is 1.